The lowest BCUT2D eigenvalue weighted by Crippen LogP contribution is -1.94. The van der Waals surface area contributed by atoms with E-state index in [-0.39, 0.29) is 5.75 Å². The summed E-state index contributed by atoms with van der Waals surface area (Å²) in [5.41, 5.74) is 2.40. The molecule has 1 atom stereocenters. The fourth-order valence-electron chi connectivity index (χ4n) is 3.34. The molecule has 1 aromatic heterocycles. The Morgan fingerprint density at radius 2 is 1.81 bits per heavy atom. The van der Waals surface area contributed by atoms with Crippen molar-refractivity contribution < 1.29 is 24.9 Å². The van der Waals surface area contributed by atoms with Crippen LogP contribution in [0.5, 0.6) is 17.2 Å². The number of carboxylic acids is 1. The number of benzene rings is 3. The Bertz CT molecular complexity index is 1270. The number of aliphatic hydroxyl groups is 1. The first-order chi connectivity index (χ1) is 14.9. The lowest BCUT2D eigenvalue weighted by atomic mass is 10.0. The van der Waals surface area contributed by atoms with E-state index >= 15 is 0 Å². The molecule has 3 N–H and O–H groups in total. The first kappa shape index (κ1) is 20.7. The second-order valence-electron chi connectivity index (χ2n) is 7.05. The third-order valence-electron chi connectivity index (χ3n) is 4.80. The molecule has 6 heteroatoms. The molecule has 31 heavy (non-hydrogen) atoms. The molecule has 1 unspecified atom stereocenters. The van der Waals surface area contributed by atoms with Gasteiger partial charge in [0.2, 0.25) is 0 Å². The number of hydrogen-bond acceptors (Lipinski definition) is 5. The van der Waals surface area contributed by atoms with Gasteiger partial charge < -0.3 is 20.1 Å². The number of ether oxygens (including phenoxy) is 1. The van der Waals surface area contributed by atoms with Gasteiger partial charge in [-0.3, -0.25) is 0 Å². The molecular weight excluding hydrogens is 412 g/mol. The highest BCUT2D eigenvalue weighted by atomic mass is 32.1. The predicted octanol–water partition coefficient (Wildman–Crippen LogP) is 6.22. The highest BCUT2D eigenvalue weighted by Crippen LogP contribution is 2.48. The van der Waals surface area contributed by atoms with Gasteiger partial charge in [0.15, 0.2) is 5.75 Å². The third-order valence-corrected chi connectivity index (χ3v) is 5.97. The molecule has 0 radical (unpaired) electrons. The van der Waals surface area contributed by atoms with Crippen molar-refractivity contribution in [1.29, 1.82) is 0 Å². The van der Waals surface area contributed by atoms with E-state index in [1.165, 1.54) is 17.4 Å². The van der Waals surface area contributed by atoms with Crippen molar-refractivity contribution in [2.45, 2.75) is 13.0 Å². The van der Waals surface area contributed by atoms with Crippen molar-refractivity contribution >= 4 is 33.5 Å². The van der Waals surface area contributed by atoms with Gasteiger partial charge in [-0.2, -0.15) is 0 Å². The Hall–Kier alpha value is -3.61. The highest BCUT2D eigenvalue weighted by Gasteiger charge is 2.20. The van der Waals surface area contributed by atoms with Crippen molar-refractivity contribution in [3.8, 4) is 27.7 Å². The largest absolute Gasteiger partial charge is 0.508 e. The first-order valence-electron chi connectivity index (χ1n) is 9.64. The van der Waals surface area contributed by atoms with Crippen molar-refractivity contribution in [3.63, 3.8) is 0 Å². The minimum atomic E-state index is -1.00. The number of carboxylic acid groups (broad SMARTS) is 1. The maximum absolute atomic E-state index is 10.7. The van der Waals surface area contributed by atoms with Crippen molar-refractivity contribution in [3.05, 3.63) is 83.9 Å². The number of aromatic hydroxyl groups is 1. The molecule has 3 aromatic carbocycles. The summed E-state index contributed by atoms with van der Waals surface area (Å²) in [5.74, 6) is 0.401. The second kappa shape index (κ2) is 8.63. The van der Waals surface area contributed by atoms with Gasteiger partial charge >= 0.3 is 5.97 Å². The predicted molar refractivity (Wildman–Crippen MR) is 123 cm³/mol. The Kier molecular flexibility index (Phi) is 5.75. The van der Waals surface area contributed by atoms with E-state index in [1.54, 1.807) is 43.3 Å². The van der Waals surface area contributed by atoms with Gasteiger partial charge in [-0.05, 0) is 54.5 Å². The van der Waals surface area contributed by atoms with Crippen LogP contribution in [0.1, 0.15) is 24.2 Å². The fraction of sp³-hybridized carbons (Fsp3) is 0.0800. The van der Waals surface area contributed by atoms with Gasteiger partial charge in [0.25, 0.3) is 0 Å². The zero-order valence-electron chi connectivity index (χ0n) is 16.6. The number of thiophene rings is 1. The molecule has 0 aliphatic heterocycles. The zero-order valence-corrected chi connectivity index (χ0v) is 17.5. The van der Waals surface area contributed by atoms with Crippen LogP contribution >= 0.6 is 11.3 Å². The topological polar surface area (TPSA) is 87.0 Å². The molecule has 4 rings (SSSR count). The van der Waals surface area contributed by atoms with E-state index in [0.717, 1.165) is 37.7 Å². The number of carbonyl (C=O) groups is 1. The fourth-order valence-corrected chi connectivity index (χ4v) is 4.55. The van der Waals surface area contributed by atoms with Crippen molar-refractivity contribution in [2.24, 2.45) is 0 Å². The average Bonchev–Trinajstić information content (AvgIpc) is 3.10. The quantitative estimate of drug-likeness (QED) is 0.315. The van der Waals surface area contributed by atoms with Crippen LogP contribution in [-0.2, 0) is 4.79 Å². The van der Waals surface area contributed by atoms with Gasteiger partial charge in [0, 0.05) is 21.7 Å². The van der Waals surface area contributed by atoms with Crippen LogP contribution < -0.4 is 4.74 Å². The summed E-state index contributed by atoms with van der Waals surface area (Å²) in [6.07, 6.45) is 1.95. The molecule has 4 aromatic rings. The van der Waals surface area contributed by atoms with Gasteiger partial charge in [-0.25, -0.2) is 4.79 Å². The Morgan fingerprint density at radius 1 is 1.06 bits per heavy atom. The van der Waals surface area contributed by atoms with Crippen LogP contribution in [0.4, 0.5) is 0 Å². The summed E-state index contributed by atoms with van der Waals surface area (Å²) < 4.78 is 7.15. The number of aliphatic carboxylic acids is 1. The Balaban J connectivity index is 1.80. The summed E-state index contributed by atoms with van der Waals surface area (Å²) in [4.78, 5) is 11.6. The molecule has 0 amide bonds. The molecule has 0 fully saturated rings. The lowest BCUT2D eigenvalue weighted by Gasteiger charge is -2.13. The molecule has 0 bridgehead atoms. The highest BCUT2D eigenvalue weighted by molar-refractivity contribution is 7.22. The van der Waals surface area contributed by atoms with Crippen LogP contribution in [0.15, 0.2) is 72.8 Å². The van der Waals surface area contributed by atoms with Gasteiger partial charge in [0.05, 0.1) is 11.0 Å². The average molecular weight is 432 g/mol. The minimum absolute atomic E-state index is 0.172. The smallest absolute Gasteiger partial charge is 0.328 e. The molecular formula is C25H20O5S. The number of hydrogen-bond donors (Lipinski definition) is 3. The third kappa shape index (κ3) is 4.45. The summed E-state index contributed by atoms with van der Waals surface area (Å²) in [6, 6.07) is 19.9. The molecule has 0 saturated heterocycles. The van der Waals surface area contributed by atoms with Crippen molar-refractivity contribution in [2.75, 3.05) is 0 Å². The molecule has 0 saturated carbocycles. The molecule has 0 aliphatic rings. The van der Waals surface area contributed by atoms with Crippen molar-refractivity contribution in [1.82, 2.24) is 0 Å². The Labute approximate surface area is 183 Å². The van der Waals surface area contributed by atoms with Gasteiger partial charge in [-0.15, -0.1) is 11.3 Å². The zero-order chi connectivity index (χ0) is 22.0. The molecule has 0 aliphatic carbocycles. The van der Waals surface area contributed by atoms with E-state index in [2.05, 4.69) is 0 Å². The van der Waals surface area contributed by atoms with E-state index in [9.17, 15) is 15.0 Å². The summed E-state index contributed by atoms with van der Waals surface area (Å²) in [6.45, 7) is 1.72. The monoisotopic (exact) mass is 432 g/mol. The number of rotatable bonds is 6. The normalized spacial score (nSPS) is 12.3. The van der Waals surface area contributed by atoms with Crippen LogP contribution in [0.25, 0.3) is 26.6 Å². The summed E-state index contributed by atoms with van der Waals surface area (Å²) in [5, 5.41) is 29.8. The van der Waals surface area contributed by atoms with E-state index < -0.39 is 12.1 Å². The van der Waals surface area contributed by atoms with E-state index in [1.807, 2.05) is 30.3 Å². The molecule has 5 nitrogen and oxygen atoms in total. The number of fused-ring (bicyclic) bond motifs is 1. The summed E-state index contributed by atoms with van der Waals surface area (Å²) >= 11 is 1.48. The van der Waals surface area contributed by atoms with Crippen LogP contribution in [-0.4, -0.2) is 21.3 Å². The van der Waals surface area contributed by atoms with Gasteiger partial charge in [0.1, 0.15) is 11.5 Å². The van der Waals surface area contributed by atoms with Crippen LogP contribution in [0.2, 0.25) is 0 Å². The number of aliphatic hydroxyl groups excluding tert-OH is 1. The van der Waals surface area contributed by atoms with Crippen LogP contribution in [0.3, 0.4) is 0 Å². The maximum atomic E-state index is 10.7. The standard InChI is InChI=1S/C25H20O5S/c1-15(26)19-4-2-3-5-20(19)25-24(21-12-9-17(27)14-22(21)31-25)30-18-10-6-16(7-11-18)8-13-23(28)29/h2-15,26-27H,1H3,(H,28,29). The maximum Gasteiger partial charge on any atom is 0.328 e. The van der Waals surface area contributed by atoms with Crippen LogP contribution in [0, 0.1) is 0 Å². The SMILES string of the molecule is CC(O)c1ccccc1-c1sc2cc(O)ccc2c1Oc1ccc(C=CC(=O)O)cc1. The lowest BCUT2D eigenvalue weighted by molar-refractivity contribution is -0.131. The minimum Gasteiger partial charge on any atom is -0.508 e. The first-order valence-corrected chi connectivity index (χ1v) is 10.5. The molecule has 1 heterocycles. The number of phenolic OH excluding ortho intramolecular Hbond substituents is 1. The van der Waals surface area contributed by atoms with Gasteiger partial charge in [-0.1, -0.05) is 36.4 Å². The molecule has 0 spiro atoms. The number of phenols is 1. The Morgan fingerprint density at radius 3 is 2.52 bits per heavy atom. The summed E-state index contributed by atoms with van der Waals surface area (Å²) in [7, 11) is 0. The molecule has 156 valence electrons. The second-order valence-corrected chi connectivity index (χ2v) is 8.10. The van der Waals surface area contributed by atoms with E-state index in [0.29, 0.717) is 11.5 Å². The van der Waals surface area contributed by atoms with E-state index in [4.69, 9.17) is 9.84 Å².